The Bertz CT molecular complexity index is 3610. The summed E-state index contributed by atoms with van der Waals surface area (Å²) in [5.41, 5.74) is 6.84. The molecule has 3 aromatic heterocycles. The molecule has 0 unspecified atom stereocenters. The van der Waals surface area contributed by atoms with Crippen molar-refractivity contribution >= 4 is 96.5 Å². The quantitative estimate of drug-likeness (QED) is 0.0891. The Morgan fingerprint density at radius 3 is 1.00 bits per heavy atom. The lowest BCUT2D eigenvalue weighted by Gasteiger charge is -2.08. The van der Waals surface area contributed by atoms with Crippen molar-refractivity contribution < 1.29 is 51.9 Å². The topological polar surface area (TPSA) is 259 Å². The van der Waals surface area contributed by atoms with E-state index in [0.717, 1.165) is 0 Å². The number of nitrogens with one attached hydrogen (secondary N) is 1. The van der Waals surface area contributed by atoms with Gasteiger partial charge in [-0.05, 0) is 119 Å². The molecular formula is C44H29N3O12S5. The van der Waals surface area contributed by atoms with Crippen molar-refractivity contribution in [1.82, 2.24) is 15.0 Å². The van der Waals surface area contributed by atoms with Crippen molar-refractivity contribution in [1.29, 1.82) is 0 Å². The van der Waals surface area contributed by atoms with Crippen LogP contribution in [-0.2, 0) is 40.5 Å². The lowest BCUT2D eigenvalue weighted by Crippen LogP contribution is -1.98. The molecule has 5 heterocycles. The molecule has 0 fully saturated rings. The molecule has 0 aliphatic carbocycles. The van der Waals surface area contributed by atoms with E-state index in [4.69, 9.17) is 9.97 Å². The van der Waals surface area contributed by atoms with Crippen molar-refractivity contribution in [3.63, 3.8) is 0 Å². The number of H-pyrrole nitrogens is 1. The van der Waals surface area contributed by atoms with E-state index in [1.165, 1.54) is 96.3 Å². The van der Waals surface area contributed by atoms with Crippen LogP contribution in [0.1, 0.15) is 22.8 Å². The number of fused-ring (bicyclic) bond motifs is 8. The zero-order chi connectivity index (χ0) is 45.3. The molecule has 7 aromatic rings. The van der Waals surface area contributed by atoms with E-state index in [1.54, 1.807) is 48.6 Å². The van der Waals surface area contributed by atoms with Gasteiger partial charge in [0.1, 0.15) is 0 Å². The molecule has 9 rings (SSSR count). The number of hydrogen-bond donors (Lipinski definition) is 5. The van der Waals surface area contributed by atoms with Crippen LogP contribution in [0.15, 0.2) is 141 Å². The maximum atomic E-state index is 12.0. The number of aromatic nitrogens is 3. The predicted octanol–water partition coefficient (Wildman–Crippen LogP) is 9.04. The molecule has 4 aromatic carbocycles. The fourth-order valence-corrected chi connectivity index (χ4v) is 10.5. The molecule has 322 valence electrons. The van der Waals surface area contributed by atoms with Gasteiger partial charge in [-0.2, -0.15) is 33.7 Å². The molecule has 15 nitrogen and oxygen atoms in total. The molecule has 2 aliphatic heterocycles. The normalized spacial score (nSPS) is 13.1. The van der Waals surface area contributed by atoms with E-state index < -0.39 is 40.5 Å². The molecular weight excluding hydrogens is 923 g/mol. The van der Waals surface area contributed by atoms with E-state index in [-0.39, 0.29) is 19.6 Å². The average molecular weight is 952 g/mol. The van der Waals surface area contributed by atoms with Gasteiger partial charge in [0, 0.05) is 42.7 Å². The van der Waals surface area contributed by atoms with Crippen LogP contribution in [0.4, 0.5) is 0 Å². The maximum absolute atomic E-state index is 12.0. The summed E-state index contributed by atoms with van der Waals surface area (Å²) in [6.07, 6.45) is 6.94. The van der Waals surface area contributed by atoms with E-state index in [2.05, 4.69) is 4.98 Å². The van der Waals surface area contributed by atoms with Gasteiger partial charge in [0.05, 0.1) is 42.4 Å². The smallest absolute Gasteiger partial charge is 0.294 e. The van der Waals surface area contributed by atoms with Crippen molar-refractivity contribution in [3.05, 3.63) is 144 Å². The number of benzene rings is 4. The van der Waals surface area contributed by atoms with Gasteiger partial charge in [-0.1, -0.05) is 48.5 Å². The fourth-order valence-electron chi connectivity index (χ4n) is 7.46. The van der Waals surface area contributed by atoms with Crippen molar-refractivity contribution in [2.45, 2.75) is 19.6 Å². The van der Waals surface area contributed by atoms with Crippen molar-refractivity contribution in [2.75, 3.05) is 0 Å². The summed E-state index contributed by atoms with van der Waals surface area (Å²) < 4.78 is 137. The molecule has 0 saturated heterocycles. The van der Waals surface area contributed by atoms with Gasteiger partial charge >= 0.3 is 0 Å². The second-order valence-electron chi connectivity index (χ2n) is 14.4. The number of rotatable bonds is 8. The minimum Gasteiger partial charge on any atom is -0.354 e. The Morgan fingerprint density at radius 2 is 0.625 bits per heavy atom. The van der Waals surface area contributed by atoms with Gasteiger partial charge in [-0.25, -0.2) is 9.97 Å². The van der Waals surface area contributed by atoms with Gasteiger partial charge in [-0.3, -0.25) is 18.2 Å². The Labute approximate surface area is 369 Å². The number of thiophene rings is 1. The third kappa shape index (κ3) is 8.25. The number of nitrogens with zero attached hydrogens (tertiary/aromatic N) is 2. The Morgan fingerprint density at radius 1 is 0.344 bits per heavy atom. The van der Waals surface area contributed by atoms with Gasteiger partial charge < -0.3 is 4.98 Å². The largest absolute Gasteiger partial charge is 0.354 e. The van der Waals surface area contributed by atoms with Gasteiger partial charge in [-0.15, -0.1) is 11.3 Å². The van der Waals surface area contributed by atoms with Crippen LogP contribution in [-0.4, -0.2) is 66.8 Å². The highest BCUT2D eigenvalue weighted by Gasteiger charge is 2.22. The minimum absolute atomic E-state index is 0.321. The first-order valence-corrected chi connectivity index (χ1v) is 25.2. The molecule has 2 aliphatic rings. The fraction of sp³-hybridized carbons (Fsp3) is 0. The maximum Gasteiger partial charge on any atom is 0.294 e. The third-order valence-corrected chi connectivity index (χ3v) is 15.0. The molecule has 0 saturated carbocycles. The minimum atomic E-state index is -4.55. The molecule has 20 heteroatoms. The summed E-state index contributed by atoms with van der Waals surface area (Å²) in [4.78, 5) is 12.3. The summed E-state index contributed by atoms with van der Waals surface area (Å²) in [5, 5.41) is 0. The second kappa shape index (κ2) is 15.7. The Kier molecular flexibility index (Phi) is 10.5. The van der Waals surface area contributed by atoms with Crippen LogP contribution in [0.5, 0.6) is 0 Å². The Hall–Kier alpha value is -6.46. The zero-order valence-electron chi connectivity index (χ0n) is 32.3. The molecule has 8 bridgehead atoms. The van der Waals surface area contributed by atoms with Gasteiger partial charge in [0.2, 0.25) is 0 Å². The van der Waals surface area contributed by atoms with Crippen LogP contribution < -0.4 is 0 Å². The van der Waals surface area contributed by atoms with E-state index in [0.29, 0.717) is 87.7 Å². The van der Waals surface area contributed by atoms with Gasteiger partial charge in [0.25, 0.3) is 40.5 Å². The highest BCUT2D eigenvalue weighted by molar-refractivity contribution is 7.86. The summed E-state index contributed by atoms with van der Waals surface area (Å²) in [7, 11) is -18.2. The summed E-state index contributed by atoms with van der Waals surface area (Å²) in [6.45, 7) is 0. The van der Waals surface area contributed by atoms with Crippen LogP contribution in [0.2, 0.25) is 0 Å². The van der Waals surface area contributed by atoms with E-state index in [1.807, 2.05) is 12.1 Å². The first-order valence-electron chi connectivity index (χ1n) is 18.6. The highest BCUT2D eigenvalue weighted by atomic mass is 32.2. The third-order valence-electron chi connectivity index (χ3n) is 10.4. The summed E-state index contributed by atoms with van der Waals surface area (Å²) in [5.74, 6) is 0. The molecule has 5 N–H and O–H groups in total. The summed E-state index contributed by atoms with van der Waals surface area (Å²) >= 11 is 1.33. The molecule has 0 atom stereocenters. The van der Waals surface area contributed by atoms with Gasteiger partial charge in [0.15, 0.2) is 0 Å². The second-order valence-corrected chi connectivity index (χ2v) is 21.1. The van der Waals surface area contributed by atoms with Crippen LogP contribution >= 0.6 is 11.3 Å². The van der Waals surface area contributed by atoms with E-state index >= 15 is 0 Å². The number of hydrogen-bond acceptors (Lipinski definition) is 11. The summed E-state index contributed by atoms with van der Waals surface area (Å²) in [6, 6.07) is 29.5. The Balaban J connectivity index is 1.44. The molecule has 64 heavy (non-hydrogen) atoms. The molecule has 0 spiro atoms. The van der Waals surface area contributed by atoms with E-state index in [9.17, 15) is 51.9 Å². The SMILES string of the molecule is O=S(=O)(O)c1ccc(-c2c3nc(c(-c4ccc(S(=O)(=O)O)cc4)c4ccc([nH]4)c(-c4ccc(S(=O)(=O)O)cc4)c4ccc(s4)c(-c4ccc(S(=O)(=O)O)cc4)c4nc2C=C4)C=C3)cc1. The zero-order valence-corrected chi connectivity index (χ0v) is 36.4. The standard InChI is InChI=1S/C44H29N3O12S5/c48-61(49,50)29-9-1-25(2-10-29)41-33-17-18-34(45-33)42(26-3-11-30(12-4-26)62(51,52)53)36-20-22-38(47-36)44(28-7-15-32(16-8-28)64(57,58)59)40-24-23-39(60-40)43(37-21-19-35(41)46-37)27-5-13-31(14-6-27)63(54,55)56/h1-24,46H,(H,48,49,50)(H,51,52,53)(H,54,55,56)(H,57,58,59). The first kappa shape index (κ1) is 42.8. The van der Waals surface area contributed by atoms with Crippen LogP contribution in [0.3, 0.4) is 0 Å². The lowest BCUT2D eigenvalue weighted by atomic mass is 10.0. The molecule has 0 radical (unpaired) electrons. The average Bonchev–Trinajstić information content (AvgIpc) is 4.08. The number of aromatic amines is 1. The first-order chi connectivity index (χ1) is 30.2. The monoisotopic (exact) mass is 951 g/mol. The van der Waals surface area contributed by atoms with Crippen LogP contribution in [0, 0.1) is 0 Å². The van der Waals surface area contributed by atoms with Crippen molar-refractivity contribution in [3.8, 4) is 44.5 Å². The predicted molar refractivity (Wildman–Crippen MR) is 243 cm³/mol. The lowest BCUT2D eigenvalue weighted by molar-refractivity contribution is 0.481. The van der Waals surface area contributed by atoms with Crippen molar-refractivity contribution in [2.24, 2.45) is 0 Å². The molecule has 0 amide bonds. The highest BCUT2D eigenvalue weighted by Crippen LogP contribution is 2.41. The van der Waals surface area contributed by atoms with Crippen LogP contribution in [0.25, 0.3) is 89.2 Å².